The second kappa shape index (κ2) is 3.85. The maximum atomic E-state index is 10.6. The zero-order chi connectivity index (χ0) is 11.7. The van der Waals surface area contributed by atoms with Gasteiger partial charge in [-0.1, -0.05) is 12.1 Å². The summed E-state index contributed by atoms with van der Waals surface area (Å²) in [5.41, 5.74) is 3.41. The van der Waals surface area contributed by atoms with Crippen LogP contribution in [0.4, 0.5) is 0 Å². The summed E-state index contributed by atoms with van der Waals surface area (Å²) < 4.78 is 2.07. The first kappa shape index (κ1) is 10.5. The number of carbonyl (C=O) groups is 1. The molecule has 2 aromatic rings. The molecule has 0 fully saturated rings. The van der Waals surface area contributed by atoms with Gasteiger partial charge in [0.2, 0.25) is 0 Å². The van der Waals surface area contributed by atoms with Crippen molar-refractivity contribution in [1.29, 1.82) is 0 Å². The summed E-state index contributed by atoms with van der Waals surface area (Å²) in [6, 6.07) is 10.7. The Balaban J connectivity index is 2.46. The van der Waals surface area contributed by atoms with Crippen LogP contribution in [-0.2, 0) is 0 Å². The molecule has 1 aromatic carbocycles. The summed E-state index contributed by atoms with van der Waals surface area (Å²) in [6.07, 6.45) is 0. The fourth-order valence-electron chi connectivity index (χ4n) is 1.82. The Morgan fingerprint density at radius 1 is 1.00 bits per heavy atom. The minimum absolute atomic E-state index is 0.200. The van der Waals surface area contributed by atoms with Gasteiger partial charge in [0.05, 0.1) is 5.97 Å². The summed E-state index contributed by atoms with van der Waals surface area (Å²) in [4.78, 5) is 10.6. The number of carboxylic acid groups (broad SMARTS) is 1. The second-order valence-corrected chi connectivity index (χ2v) is 3.79. The number of rotatable bonds is 2. The van der Waals surface area contributed by atoms with Crippen LogP contribution in [0.1, 0.15) is 21.7 Å². The Labute approximate surface area is 94.0 Å². The molecule has 0 saturated heterocycles. The zero-order valence-electron chi connectivity index (χ0n) is 9.23. The summed E-state index contributed by atoms with van der Waals surface area (Å²) in [7, 11) is 0. The first-order valence-electron chi connectivity index (χ1n) is 5.06. The molecule has 16 heavy (non-hydrogen) atoms. The van der Waals surface area contributed by atoms with Crippen LogP contribution < -0.4 is 5.11 Å². The summed E-state index contributed by atoms with van der Waals surface area (Å²) >= 11 is 0. The van der Waals surface area contributed by atoms with Gasteiger partial charge in [-0.25, -0.2) is 0 Å². The van der Waals surface area contributed by atoms with Crippen molar-refractivity contribution in [3.05, 3.63) is 53.3 Å². The predicted molar refractivity (Wildman–Crippen MR) is 59.6 cm³/mol. The van der Waals surface area contributed by atoms with Crippen molar-refractivity contribution >= 4 is 5.97 Å². The molecule has 82 valence electrons. The van der Waals surface area contributed by atoms with E-state index in [9.17, 15) is 9.90 Å². The number of aromatic carboxylic acids is 1. The van der Waals surface area contributed by atoms with Crippen molar-refractivity contribution in [2.45, 2.75) is 13.8 Å². The molecule has 0 amide bonds. The number of carbonyl (C=O) groups excluding carboxylic acids is 1. The number of benzene rings is 1. The van der Waals surface area contributed by atoms with Gasteiger partial charge in [-0.2, -0.15) is 0 Å². The summed E-state index contributed by atoms with van der Waals surface area (Å²) in [5.74, 6) is -1.15. The number of nitrogens with zero attached hydrogens (tertiary/aromatic N) is 1. The number of carboxylic acids is 1. The standard InChI is InChI=1S/C13H13NO2/c1-9-3-4-10(2)14(9)12-7-5-11(6-8-12)13(15)16/h3-8H,1-2H3,(H,15,16)/p-1. The van der Waals surface area contributed by atoms with Crippen molar-refractivity contribution in [3.8, 4) is 5.69 Å². The molecule has 0 aliphatic rings. The molecule has 0 atom stereocenters. The van der Waals surface area contributed by atoms with E-state index >= 15 is 0 Å². The lowest BCUT2D eigenvalue weighted by Crippen LogP contribution is -2.22. The Kier molecular flexibility index (Phi) is 2.52. The third kappa shape index (κ3) is 1.72. The van der Waals surface area contributed by atoms with E-state index in [-0.39, 0.29) is 5.56 Å². The Morgan fingerprint density at radius 3 is 1.94 bits per heavy atom. The normalized spacial score (nSPS) is 10.4. The topological polar surface area (TPSA) is 45.1 Å². The minimum Gasteiger partial charge on any atom is -0.545 e. The van der Waals surface area contributed by atoms with Gasteiger partial charge >= 0.3 is 0 Å². The quantitative estimate of drug-likeness (QED) is 0.759. The maximum Gasteiger partial charge on any atom is 0.0715 e. The number of aryl methyl sites for hydroxylation is 2. The first-order valence-corrected chi connectivity index (χ1v) is 5.06. The average molecular weight is 214 g/mol. The number of hydrogen-bond donors (Lipinski definition) is 0. The first-order chi connectivity index (χ1) is 7.59. The smallest absolute Gasteiger partial charge is 0.0715 e. The van der Waals surface area contributed by atoms with Crippen molar-refractivity contribution in [2.75, 3.05) is 0 Å². The van der Waals surface area contributed by atoms with Crippen LogP contribution in [0.5, 0.6) is 0 Å². The van der Waals surface area contributed by atoms with Crippen LogP contribution in [0.3, 0.4) is 0 Å². The van der Waals surface area contributed by atoms with E-state index in [1.807, 2.05) is 26.0 Å². The molecule has 1 aromatic heterocycles. The monoisotopic (exact) mass is 214 g/mol. The molecule has 0 unspecified atom stereocenters. The molecule has 0 aliphatic heterocycles. The summed E-state index contributed by atoms with van der Waals surface area (Å²) in [5, 5.41) is 10.6. The van der Waals surface area contributed by atoms with Crippen molar-refractivity contribution in [1.82, 2.24) is 4.57 Å². The highest BCUT2D eigenvalue weighted by atomic mass is 16.4. The van der Waals surface area contributed by atoms with Gasteiger partial charge in [-0.3, -0.25) is 0 Å². The Hall–Kier alpha value is -2.03. The van der Waals surface area contributed by atoms with Gasteiger partial charge in [0, 0.05) is 17.1 Å². The molecular weight excluding hydrogens is 202 g/mol. The molecule has 0 spiro atoms. The van der Waals surface area contributed by atoms with Gasteiger partial charge < -0.3 is 14.5 Å². The number of hydrogen-bond acceptors (Lipinski definition) is 2. The molecule has 0 aliphatic carbocycles. The third-order valence-electron chi connectivity index (χ3n) is 2.63. The Morgan fingerprint density at radius 2 is 1.50 bits per heavy atom. The lowest BCUT2D eigenvalue weighted by atomic mass is 10.2. The lowest BCUT2D eigenvalue weighted by molar-refractivity contribution is -0.255. The van der Waals surface area contributed by atoms with E-state index in [0.717, 1.165) is 17.1 Å². The molecule has 0 bridgehead atoms. The molecule has 1 heterocycles. The minimum atomic E-state index is -1.15. The predicted octanol–water partition coefficient (Wildman–Crippen LogP) is 1.46. The highest BCUT2D eigenvalue weighted by molar-refractivity contribution is 5.85. The molecule has 0 N–H and O–H groups in total. The lowest BCUT2D eigenvalue weighted by Gasteiger charge is -2.10. The fourth-order valence-corrected chi connectivity index (χ4v) is 1.82. The third-order valence-corrected chi connectivity index (χ3v) is 2.63. The molecule has 3 heteroatoms. The maximum absolute atomic E-state index is 10.6. The largest absolute Gasteiger partial charge is 0.545 e. The van der Waals surface area contributed by atoms with E-state index in [4.69, 9.17) is 0 Å². The highest BCUT2D eigenvalue weighted by Crippen LogP contribution is 2.16. The van der Waals surface area contributed by atoms with Crippen LogP contribution in [0.15, 0.2) is 36.4 Å². The van der Waals surface area contributed by atoms with E-state index in [1.165, 1.54) is 0 Å². The van der Waals surface area contributed by atoms with Crippen LogP contribution in [-0.4, -0.2) is 10.5 Å². The number of aromatic nitrogens is 1. The van der Waals surface area contributed by atoms with Gasteiger partial charge in [0.1, 0.15) is 0 Å². The average Bonchev–Trinajstić information content (AvgIpc) is 2.59. The van der Waals surface area contributed by atoms with Crippen molar-refractivity contribution in [3.63, 3.8) is 0 Å². The van der Waals surface area contributed by atoms with Gasteiger partial charge in [-0.15, -0.1) is 0 Å². The van der Waals surface area contributed by atoms with Crippen molar-refractivity contribution in [2.24, 2.45) is 0 Å². The molecule has 2 rings (SSSR count). The zero-order valence-corrected chi connectivity index (χ0v) is 9.23. The van der Waals surface area contributed by atoms with Gasteiger partial charge in [-0.05, 0) is 43.7 Å². The van der Waals surface area contributed by atoms with E-state index < -0.39 is 5.97 Å². The molecule has 0 saturated carbocycles. The SMILES string of the molecule is Cc1ccc(C)n1-c1ccc(C(=O)[O-])cc1. The molecular formula is C13H12NO2-. The van der Waals surface area contributed by atoms with Crippen LogP contribution in [0, 0.1) is 13.8 Å². The summed E-state index contributed by atoms with van der Waals surface area (Å²) in [6.45, 7) is 4.03. The van der Waals surface area contributed by atoms with E-state index in [2.05, 4.69) is 4.57 Å². The van der Waals surface area contributed by atoms with Crippen LogP contribution >= 0.6 is 0 Å². The van der Waals surface area contributed by atoms with Gasteiger partial charge in [0.15, 0.2) is 0 Å². The van der Waals surface area contributed by atoms with Crippen LogP contribution in [0.2, 0.25) is 0 Å². The fraction of sp³-hybridized carbons (Fsp3) is 0.154. The van der Waals surface area contributed by atoms with Crippen LogP contribution in [0.25, 0.3) is 5.69 Å². The second-order valence-electron chi connectivity index (χ2n) is 3.79. The highest BCUT2D eigenvalue weighted by Gasteiger charge is 2.03. The Bertz CT molecular complexity index is 504. The van der Waals surface area contributed by atoms with E-state index in [1.54, 1.807) is 24.3 Å². The van der Waals surface area contributed by atoms with Gasteiger partial charge in [0.25, 0.3) is 0 Å². The van der Waals surface area contributed by atoms with E-state index in [0.29, 0.717) is 0 Å². The van der Waals surface area contributed by atoms with Crippen molar-refractivity contribution < 1.29 is 9.90 Å². The molecule has 0 radical (unpaired) electrons. The molecule has 3 nitrogen and oxygen atoms in total.